The van der Waals surface area contributed by atoms with Crippen LogP contribution in [0.2, 0.25) is 0 Å². The SMILES string of the molecule is CC12CCC(C1)C(C)(C)C2NC(=O)CC1CCCNC1. The van der Waals surface area contributed by atoms with E-state index in [9.17, 15) is 4.79 Å². The summed E-state index contributed by atoms with van der Waals surface area (Å²) in [4.78, 5) is 12.4. The maximum absolute atomic E-state index is 12.4. The third-order valence-electron chi connectivity index (χ3n) is 6.45. The van der Waals surface area contributed by atoms with E-state index in [1.165, 1.54) is 32.1 Å². The zero-order valence-corrected chi connectivity index (χ0v) is 13.3. The van der Waals surface area contributed by atoms with Crippen LogP contribution < -0.4 is 10.6 Å². The van der Waals surface area contributed by atoms with Crippen LogP contribution in [0.15, 0.2) is 0 Å². The number of nitrogens with one attached hydrogen (secondary N) is 2. The molecule has 1 heterocycles. The van der Waals surface area contributed by atoms with Gasteiger partial charge in [-0.05, 0) is 67.9 Å². The van der Waals surface area contributed by atoms with Crippen molar-refractivity contribution in [2.45, 2.75) is 65.3 Å². The molecule has 3 fully saturated rings. The zero-order valence-electron chi connectivity index (χ0n) is 13.3. The molecule has 4 atom stereocenters. The van der Waals surface area contributed by atoms with Crippen molar-refractivity contribution in [1.82, 2.24) is 10.6 Å². The van der Waals surface area contributed by atoms with Gasteiger partial charge in [-0.1, -0.05) is 20.8 Å². The van der Waals surface area contributed by atoms with Gasteiger partial charge in [-0.3, -0.25) is 4.79 Å². The summed E-state index contributed by atoms with van der Waals surface area (Å²) in [5.41, 5.74) is 0.613. The van der Waals surface area contributed by atoms with Crippen LogP contribution in [-0.4, -0.2) is 25.0 Å². The van der Waals surface area contributed by atoms with Gasteiger partial charge in [0.15, 0.2) is 0 Å². The molecular weight excluding hydrogens is 248 g/mol. The quantitative estimate of drug-likeness (QED) is 0.833. The van der Waals surface area contributed by atoms with Crippen molar-refractivity contribution in [3.05, 3.63) is 0 Å². The minimum absolute atomic E-state index is 0.271. The molecule has 0 aromatic carbocycles. The molecule has 3 rings (SSSR count). The third kappa shape index (κ3) is 2.38. The fourth-order valence-electron chi connectivity index (χ4n) is 5.24. The van der Waals surface area contributed by atoms with Crippen LogP contribution in [0.4, 0.5) is 0 Å². The minimum atomic E-state index is 0.271. The highest BCUT2D eigenvalue weighted by Gasteiger charge is 2.59. The number of hydrogen-bond donors (Lipinski definition) is 2. The lowest BCUT2D eigenvalue weighted by Gasteiger charge is -2.43. The fraction of sp³-hybridized carbons (Fsp3) is 0.941. The van der Waals surface area contributed by atoms with Crippen molar-refractivity contribution in [3.63, 3.8) is 0 Å². The molecule has 2 saturated carbocycles. The maximum atomic E-state index is 12.4. The molecule has 3 nitrogen and oxygen atoms in total. The van der Waals surface area contributed by atoms with Crippen LogP contribution in [0.5, 0.6) is 0 Å². The van der Waals surface area contributed by atoms with E-state index in [0.29, 0.717) is 23.8 Å². The van der Waals surface area contributed by atoms with Crippen LogP contribution in [0, 0.1) is 22.7 Å². The molecule has 1 saturated heterocycles. The average molecular weight is 278 g/mol. The van der Waals surface area contributed by atoms with Gasteiger partial charge >= 0.3 is 0 Å². The Labute approximate surface area is 123 Å². The molecule has 3 aliphatic rings. The molecule has 114 valence electrons. The van der Waals surface area contributed by atoms with Gasteiger partial charge in [-0.2, -0.15) is 0 Å². The van der Waals surface area contributed by atoms with E-state index in [-0.39, 0.29) is 11.3 Å². The Hall–Kier alpha value is -0.570. The Bertz CT molecular complexity index is 382. The monoisotopic (exact) mass is 278 g/mol. The lowest BCUT2D eigenvalue weighted by atomic mass is 9.68. The molecular formula is C17H30N2O. The number of rotatable bonds is 3. The summed E-state index contributed by atoms with van der Waals surface area (Å²) in [6.45, 7) is 9.23. The van der Waals surface area contributed by atoms with Gasteiger partial charge in [0.2, 0.25) is 5.91 Å². The summed E-state index contributed by atoms with van der Waals surface area (Å²) in [6, 6.07) is 0.373. The van der Waals surface area contributed by atoms with Crippen LogP contribution in [-0.2, 0) is 4.79 Å². The normalized spacial score (nSPS) is 42.6. The number of piperidine rings is 1. The summed E-state index contributed by atoms with van der Waals surface area (Å²) in [7, 11) is 0. The summed E-state index contributed by atoms with van der Waals surface area (Å²) in [6.07, 6.45) is 7.07. The maximum Gasteiger partial charge on any atom is 0.220 e. The van der Waals surface area contributed by atoms with Gasteiger partial charge in [-0.15, -0.1) is 0 Å². The first-order chi connectivity index (χ1) is 9.42. The van der Waals surface area contributed by atoms with E-state index in [1.54, 1.807) is 0 Å². The lowest BCUT2D eigenvalue weighted by Crippen LogP contribution is -2.52. The van der Waals surface area contributed by atoms with Crippen LogP contribution in [0.25, 0.3) is 0 Å². The Balaban J connectivity index is 1.60. The van der Waals surface area contributed by atoms with Crippen LogP contribution >= 0.6 is 0 Å². The molecule has 0 aromatic rings. The van der Waals surface area contributed by atoms with Crippen molar-refractivity contribution in [2.24, 2.45) is 22.7 Å². The highest BCUT2D eigenvalue weighted by atomic mass is 16.1. The molecule has 0 aromatic heterocycles. The van der Waals surface area contributed by atoms with Crippen molar-refractivity contribution in [2.75, 3.05) is 13.1 Å². The number of carbonyl (C=O) groups is 1. The number of hydrogen-bond acceptors (Lipinski definition) is 2. The Kier molecular flexibility index (Phi) is 3.60. The topological polar surface area (TPSA) is 41.1 Å². The van der Waals surface area contributed by atoms with Gasteiger partial charge in [0, 0.05) is 12.5 Å². The van der Waals surface area contributed by atoms with Crippen LogP contribution in [0.1, 0.15) is 59.3 Å². The first-order valence-corrected chi connectivity index (χ1v) is 8.42. The second kappa shape index (κ2) is 5.01. The van der Waals surface area contributed by atoms with E-state index in [2.05, 4.69) is 31.4 Å². The van der Waals surface area contributed by atoms with Crippen LogP contribution in [0.3, 0.4) is 0 Å². The van der Waals surface area contributed by atoms with Crippen molar-refractivity contribution in [1.29, 1.82) is 0 Å². The van der Waals surface area contributed by atoms with E-state index in [4.69, 9.17) is 0 Å². The molecule has 0 radical (unpaired) electrons. The largest absolute Gasteiger partial charge is 0.352 e. The molecule has 20 heavy (non-hydrogen) atoms. The molecule has 4 unspecified atom stereocenters. The summed E-state index contributed by atoms with van der Waals surface area (Å²) < 4.78 is 0. The van der Waals surface area contributed by atoms with Gasteiger partial charge in [0.25, 0.3) is 0 Å². The number of carbonyl (C=O) groups excluding carboxylic acids is 1. The molecule has 0 spiro atoms. The van der Waals surface area contributed by atoms with E-state index in [0.717, 1.165) is 19.0 Å². The van der Waals surface area contributed by atoms with Crippen molar-refractivity contribution < 1.29 is 4.79 Å². The molecule has 2 bridgehead atoms. The highest BCUT2D eigenvalue weighted by Crippen LogP contribution is 2.62. The standard InChI is InChI=1S/C17H30N2O/c1-16(2)13-6-7-17(3,10-13)15(16)19-14(20)9-12-5-4-8-18-11-12/h12-13,15,18H,4-11H2,1-3H3,(H,19,20). The van der Waals surface area contributed by atoms with Gasteiger partial charge < -0.3 is 10.6 Å². The van der Waals surface area contributed by atoms with Gasteiger partial charge in [0.1, 0.15) is 0 Å². The molecule has 2 aliphatic carbocycles. The first kappa shape index (κ1) is 14.4. The van der Waals surface area contributed by atoms with Crippen molar-refractivity contribution >= 4 is 5.91 Å². The lowest BCUT2D eigenvalue weighted by molar-refractivity contribution is -0.124. The molecule has 1 amide bonds. The smallest absolute Gasteiger partial charge is 0.220 e. The fourth-order valence-corrected chi connectivity index (χ4v) is 5.24. The first-order valence-electron chi connectivity index (χ1n) is 8.42. The highest BCUT2D eigenvalue weighted by molar-refractivity contribution is 5.77. The Morgan fingerprint density at radius 2 is 2.10 bits per heavy atom. The Morgan fingerprint density at radius 1 is 1.30 bits per heavy atom. The van der Waals surface area contributed by atoms with Crippen molar-refractivity contribution in [3.8, 4) is 0 Å². The predicted molar refractivity (Wildman–Crippen MR) is 81.4 cm³/mol. The summed E-state index contributed by atoms with van der Waals surface area (Å²) in [5, 5.41) is 6.83. The Morgan fingerprint density at radius 3 is 2.70 bits per heavy atom. The van der Waals surface area contributed by atoms with E-state index < -0.39 is 0 Å². The van der Waals surface area contributed by atoms with Gasteiger partial charge in [0.05, 0.1) is 0 Å². The second-order valence-electron chi connectivity index (χ2n) is 8.33. The molecule has 2 N–H and O–H groups in total. The van der Waals surface area contributed by atoms with E-state index >= 15 is 0 Å². The number of fused-ring (bicyclic) bond motifs is 2. The molecule has 1 aliphatic heterocycles. The van der Waals surface area contributed by atoms with E-state index in [1.807, 2.05) is 0 Å². The third-order valence-corrected chi connectivity index (χ3v) is 6.45. The number of amides is 1. The second-order valence-corrected chi connectivity index (χ2v) is 8.33. The predicted octanol–water partition coefficient (Wildman–Crippen LogP) is 2.71. The minimum Gasteiger partial charge on any atom is -0.352 e. The van der Waals surface area contributed by atoms with Gasteiger partial charge in [-0.25, -0.2) is 0 Å². The summed E-state index contributed by atoms with van der Waals surface area (Å²) in [5.74, 6) is 1.62. The zero-order chi connectivity index (χ0) is 14.4. The summed E-state index contributed by atoms with van der Waals surface area (Å²) >= 11 is 0. The average Bonchev–Trinajstić information content (AvgIpc) is 2.87. The molecule has 3 heteroatoms.